The fourth-order valence-corrected chi connectivity index (χ4v) is 1.92. The van der Waals surface area contributed by atoms with Crippen molar-refractivity contribution in [3.63, 3.8) is 0 Å². The topological polar surface area (TPSA) is 43.8 Å². The summed E-state index contributed by atoms with van der Waals surface area (Å²) in [6, 6.07) is 10.4. The SMILES string of the molecule is CCc1nn(C)c(N)c1Cc1ccccc1. The number of nitrogens with two attached hydrogens (primary N) is 1. The van der Waals surface area contributed by atoms with Crippen molar-refractivity contribution < 1.29 is 0 Å². The summed E-state index contributed by atoms with van der Waals surface area (Å²) in [6.07, 6.45) is 1.79. The first-order valence-electron chi connectivity index (χ1n) is 5.56. The maximum absolute atomic E-state index is 6.03. The van der Waals surface area contributed by atoms with Crippen LogP contribution in [0, 0.1) is 0 Å². The molecule has 16 heavy (non-hydrogen) atoms. The van der Waals surface area contributed by atoms with Gasteiger partial charge in [0.05, 0.1) is 5.69 Å². The molecule has 1 aromatic carbocycles. The van der Waals surface area contributed by atoms with Gasteiger partial charge in [-0.3, -0.25) is 4.68 Å². The Labute approximate surface area is 95.9 Å². The van der Waals surface area contributed by atoms with E-state index in [2.05, 4.69) is 24.2 Å². The van der Waals surface area contributed by atoms with Crippen LogP contribution in [0.3, 0.4) is 0 Å². The Morgan fingerprint density at radius 3 is 2.56 bits per heavy atom. The molecule has 0 radical (unpaired) electrons. The molecule has 0 saturated heterocycles. The van der Waals surface area contributed by atoms with Gasteiger partial charge in [-0.1, -0.05) is 37.3 Å². The first-order chi connectivity index (χ1) is 7.72. The van der Waals surface area contributed by atoms with Gasteiger partial charge < -0.3 is 5.73 Å². The fourth-order valence-electron chi connectivity index (χ4n) is 1.92. The molecule has 0 aliphatic carbocycles. The summed E-state index contributed by atoms with van der Waals surface area (Å²) in [5.74, 6) is 0.778. The Balaban J connectivity index is 2.34. The highest BCUT2D eigenvalue weighted by atomic mass is 15.3. The molecule has 84 valence electrons. The molecular weight excluding hydrogens is 198 g/mol. The van der Waals surface area contributed by atoms with Crippen molar-refractivity contribution in [1.82, 2.24) is 9.78 Å². The maximum atomic E-state index is 6.03. The number of hydrogen-bond acceptors (Lipinski definition) is 2. The van der Waals surface area contributed by atoms with Crippen LogP contribution in [0.25, 0.3) is 0 Å². The molecule has 0 fully saturated rings. The molecule has 0 atom stereocenters. The Kier molecular flexibility index (Phi) is 2.95. The van der Waals surface area contributed by atoms with Crippen molar-refractivity contribution in [2.24, 2.45) is 7.05 Å². The van der Waals surface area contributed by atoms with Crippen LogP contribution >= 0.6 is 0 Å². The predicted molar refractivity (Wildman–Crippen MR) is 66.2 cm³/mol. The molecular formula is C13H17N3. The molecule has 3 heteroatoms. The lowest BCUT2D eigenvalue weighted by molar-refractivity contribution is 0.755. The van der Waals surface area contributed by atoms with Crippen molar-refractivity contribution in [3.8, 4) is 0 Å². The predicted octanol–water partition coefficient (Wildman–Crippen LogP) is 2.16. The number of rotatable bonds is 3. The van der Waals surface area contributed by atoms with Gasteiger partial charge in [0.2, 0.25) is 0 Å². The van der Waals surface area contributed by atoms with Gasteiger partial charge in [0, 0.05) is 19.0 Å². The number of aromatic nitrogens is 2. The summed E-state index contributed by atoms with van der Waals surface area (Å²) >= 11 is 0. The minimum absolute atomic E-state index is 0.778. The molecule has 1 aromatic heterocycles. The zero-order chi connectivity index (χ0) is 11.5. The lowest BCUT2D eigenvalue weighted by atomic mass is 10.0. The highest BCUT2D eigenvalue weighted by molar-refractivity contribution is 5.46. The largest absolute Gasteiger partial charge is 0.384 e. The number of anilines is 1. The standard InChI is InChI=1S/C13H17N3/c1-3-12-11(13(14)16(2)15-12)9-10-7-5-4-6-8-10/h4-8H,3,9,14H2,1-2H3. The van der Waals surface area contributed by atoms with E-state index in [1.165, 1.54) is 5.56 Å². The van der Waals surface area contributed by atoms with E-state index >= 15 is 0 Å². The van der Waals surface area contributed by atoms with E-state index in [-0.39, 0.29) is 0 Å². The minimum atomic E-state index is 0.778. The molecule has 0 unspecified atom stereocenters. The molecule has 0 bridgehead atoms. The van der Waals surface area contributed by atoms with E-state index in [1.807, 2.05) is 25.2 Å². The van der Waals surface area contributed by atoms with Crippen molar-refractivity contribution >= 4 is 5.82 Å². The quantitative estimate of drug-likeness (QED) is 0.852. The first kappa shape index (κ1) is 10.7. The summed E-state index contributed by atoms with van der Waals surface area (Å²) in [7, 11) is 1.89. The maximum Gasteiger partial charge on any atom is 0.125 e. The zero-order valence-corrected chi connectivity index (χ0v) is 9.77. The zero-order valence-electron chi connectivity index (χ0n) is 9.77. The van der Waals surface area contributed by atoms with Crippen LogP contribution in [0.4, 0.5) is 5.82 Å². The summed E-state index contributed by atoms with van der Waals surface area (Å²) in [5, 5.41) is 4.42. The third-order valence-electron chi connectivity index (χ3n) is 2.84. The van der Waals surface area contributed by atoms with Crippen molar-refractivity contribution in [3.05, 3.63) is 47.2 Å². The lowest BCUT2D eigenvalue weighted by Crippen LogP contribution is -2.00. The number of nitrogen functional groups attached to an aromatic ring is 1. The molecule has 0 saturated carbocycles. The Hall–Kier alpha value is -1.77. The second kappa shape index (κ2) is 4.39. The van der Waals surface area contributed by atoms with Crippen molar-refractivity contribution in [2.75, 3.05) is 5.73 Å². The average Bonchev–Trinajstić information content (AvgIpc) is 2.58. The van der Waals surface area contributed by atoms with Gasteiger partial charge in [-0.2, -0.15) is 5.10 Å². The van der Waals surface area contributed by atoms with Gasteiger partial charge in [-0.05, 0) is 12.0 Å². The van der Waals surface area contributed by atoms with Crippen LogP contribution < -0.4 is 5.73 Å². The van der Waals surface area contributed by atoms with Crippen LogP contribution in [0.2, 0.25) is 0 Å². The van der Waals surface area contributed by atoms with E-state index in [4.69, 9.17) is 5.73 Å². The van der Waals surface area contributed by atoms with E-state index in [1.54, 1.807) is 4.68 Å². The van der Waals surface area contributed by atoms with Gasteiger partial charge in [0.15, 0.2) is 0 Å². The molecule has 3 nitrogen and oxygen atoms in total. The summed E-state index contributed by atoms with van der Waals surface area (Å²) in [6.45, 7) is 2.11. The minimum Gasteiger partial charge on any atom is -0.384 e. The highest BCUT2D eigenvalue weighted by Crippen LogP contribution is 2.20. The van der Waals surface area contributed by atoms with Gasteiger partial charge in [0.1, 0.15) is 5.82 Å². The van der Waals surface area contributed by atoms with Gasteiger partial charge in [-0.15, -0.1) is 0 Å². The molecule has 0 amide bonds. The van der Waals surface area contributed by atoms with Gasteiger partial charge in [-0.25, -0.2) is 0 Å². The number of benzene rings is 1. The normalized spacial score (nSPS) is 10.6. The second-order valence-electron chi connectivity index (χ2n) is 3.95. The van der Waals surface area contributed by atoms with E-state index in [9.17, 15) is 0 Å². The molecule has 2 rings (SSSR count). The monoisotopic (exact) mass is 215 g/mol. The van der Waals surface area contributed by atoms with Crippen LogP contribution in [-0.4, -0.2) is 9.78 Å². The van der Waals surface area contributed by atoms with E-state index in [0.717, 1.165) is 29.9 Å². The van der Waals surface area contributed by atoms with Crippen LogP contribution in [-0.2, 0) is 19.9 Å². The second-order valence-corrected chi connectivity index (χ2v) is 3.95. The smallest absolute Gasteiger partial charge is 0.125 e. The summed E-state index contributed by atoms with van der Waals surface area (Å²) in [5.41, 5.74) is 9.57. The van der Waals surface area contributed by atoms with Crippen molar-refractivity contribution in [2.45, 2.75) is 19.8 Å². The van der Waals surface area contributed by atoms with Crippen LogP contribution in [0.5, 0.6) is 0 Å². The molecule has 0 spiro atoms. The molecule has 2 aromatic rings. The molecule has 0 aliphatic rings. The Bertz CT molecular complexity index is 471. The Morgan fingerprint density at radius 1 is 1.25 bits per heavy atom. The molecule has 2 N–H and O–H groups in total. The summed E-state index contributed by atoms with van der Waals surface area (Å²) in [4.78, 5) is 0. The number of hydrogen-bond donors (Lipinski definition) is 1. The summed E-state index contributed by atoms with van der Waals surface area (Å²) < 4.78 is 1.76. The number of aryl methyl sites for hydroxylation is 2. The number of nitrogens with zero attached hydrogens (tertiary/aromatic N) is 2. The Morgan fingerprint density at radius 2 is 1.94 bits per heavy atom. The average molecular weight is 215 g/mol. The first-order valence-corrected chi connectivity index (χ1v) is 5.56. The van der Waals surface area contributed by atoms with Gasteiger partial charge in [0.25, 0.3) is 0 Å². The van der Waals surface area contributed by atoms with Crippen LogP contribution in [0.15, 0.2) is 30.3 Å². The van der Waals surface area contributed by atoms with Gasteiger partial charge >= 0.3 is 0 Å². The van der Waals surface area contributed by atoms with Crippen LogP contribution in [0.1, 0.15) is 23.7 Å². The highest BCUT2D eigenvalue weighted by Gasteiger charge is 2.12. The lowest BCUT2D eigenvalue weighted by Gasteiger charge is -2.02. The third kappa shape index (κ3) is 1.94. The van der Waals surface area contributed by atoms with E-state index in [0.29, 0.717) is 0 Å². The third-order valence-corrected chi connectivity index (χ3v) is 2.84. The van der Waals surface area contributed by atoms with Crippen molar-refractivity contribution in [1.29, 1.82) is 0 Å². The molecule has 1 heterocycles. The van der Waals surface area contributed by atoms with E-state index < -0.39 is 0 Å². The fraction of sp³-hybridized carbons (Fsp3) is 0.308. The molecule has 0 aliphatic heterocycles.